The lowest BCUT2D eigenvalue weighted by Crippen LogP contribution is -2.40. The van der Waals surface area contributed by atoms with Crippen LogP contribution in [0.15, 0.2) is 24.3 Å². The molecule has 4 nitrogen and oxygen atoms in total. The lowest BCUT2D eigenvalue weighted by Gasteiger charge is -2.25. The maximum Gasteiger partial charge on any atom is 0.407 e. The minimum absolute atomic E-state index is 0.258. The van der Waals surface area contributed by atoms with Crippen molar-refractivity contribution >= 4 is 6.09 Å². The van der Waals surface area contributed by atoms with Gasteiger partial charge in [-0.05, 0) is 56.1 Å². The second-order valence-electron chi connectivity index (χ2n) is 6.84. The molecule has 5 unspecified atom stereocenters. The number of carbonyl (C=O) groups is 1. The highest BCUT2D eigenvalue weighted by Crippen LogP contribution is 2.44. The molecule has 2 aliphatic rings. The van der Waals surface area contributed by atoms with E-state index < -0.39 is 18.3 Å². The molecule has 2 bridgehead atoms. The third-order valence-electron chi connectivity index (χ3n) is 5.29. The Morgan fingerprint density at radius 1 is 1.32 bits per heavy atom. The van der Waals surface area contributed by atoms with E-state index in [4.69, 9.17) is 4.74 Å². The summed E-state index contributed by atoms with van der Waals surface area (Å²) in [5.41, 5.74) is 1.81. The molecule has 2 fully saturated rings. The van der Waals surface area contributed by atoms with Crippen molar-refractivity contribution in [2.24, 2.45) is 11.8 Å². The monoisotopic (exact) mass is 303 g/mol. The number of hydrogen-bond acceptors (Lipinski definition) is 3. The first-order valence-electron chi connectivity index (χ1n) is 8.25. The van der Waals surface area contributed by atoms with Gasteiger partial charge in [-0.3, -0.25) is 0 Å². The Morgan fingerprint density at radius 2 is 2.09 bits per heavy atom. The van der Waals surface area contributed by atoms with Crippen LogP contribution in [0.3, 0.4) is 0 Å². The van der Waals surface area contributed by atoms with E-state index >= 15 is 0 Å². The molecule has 0 saturated heterocycles. The van der Waals surface area contributed by atoms with Crippen molar-refractivity contribution < 1.29 is 14.6 Å². The van der Waals surface area contributed by atoms with Gasteiger partial charge in [0.1, 0.15) is 12.2 Å². The number of alkyl carbamates (subject to hydrolysis) is 1. The average molecular weight is 303 g/mol. The number of fused-ring (bicyclic) bond motifs is 2. The highest BCUT2D eigenvalue weighted by atomic mass is 16.6. The van der Waals surface area contributed by atoms with Gasteiger partial charge in [-0.25, -0.2) is 4.79 Å². The molecule has 0 heterocycles. The molecule has 120 valence electrons. The zero-order chi connectivity index (χ0) is 15.7. The molecule has 1 aromatic rings. The summed E-state index contributed by atoms with van der Waals surface area (Å²) in [4.78, 5) is 12.1. The van der Waals surface area contributed by atoms with Crippen LogP contribution in [0.4, 0.5) is 4.79 Å². The van der Waals surface area contributed by atoms with Gasteiger partial charge in [-0.15, -0.1) is 0 Å². The number of carbonyl (C=O) groups excluding carboxylic acids is 1. The molecule has 5 atom stereocenters. The number of amides is 1. The van der Waals surface area contributed by atoms with Gasteiger partial charge >= 0.3 is 6.09 Å². The van der Waals surface area contributed by atoms with E-state index in [0.29, 0.717) is 5.92 Å². The number of aryl methyl sites for hydroxylation is 1. The molecular weight excluding hydrogens is 278 g/mol. The summed E-state index contributed by atoms with van der Waals surface area (Å²) in [5.74, 6) is 1.40. The highest BCUT2D eigenvalue weighted by molar-refractivity contribution is 5.68. The Balaban J connectivity index is 1.53. The number of aliphatic hydroxyl groups excluding tert-OH is 1. The second-order valence-corrected chi connectivity index (χ2v) is 6.84. The largest absolute Gasteiger partial charge is 0.443 e. The molecule has 0 aromatic heterocycles. The van der Waals surface area contributed by atoms with Gasteiger partial charge in [0.2, 0.25) is 0 Å². The zero-order valence-electron chi connectivity index (χ0n) is 13.3. The van der Waals surface area contributed by atoms with Crippen LogP contribution in [0.25, 0.3) is 0 Å². The lowest BCUT2D eigenvalue weighted by atomic mass is 9.96. The fourth-order valence-corrected chi connectivity index (χ4v) is 4.01. The molecule has 1 aromatic carbocycles. The number of ether oxygens (including phenoxy) is 1. The van der Waals surface area contributed by atoms with E-state index in [2.05, 4.69) is 5.32 Å². The number of hydrogen-bond donors (Lipinski definition) is 2. The average Bonchev–Trinajstić information content (AvgIpc) is 3.09. The fourth-order valence-electron chi connectivity index (χ4n) is 4.01. The SMILES string of the molecule is Cc1ccccc1C(O)C(C)OC(=O)NC1CC2CCC1C2. The van der Waals surface area contributed by atoms with Gasteiger partial charge in [-0.2, -0.15) is 0 Å². The molecule has 0 spiro atoms. The van der Waals surface area contributed by atoms with Gasteiger partial charge in [-0.1, -0.05) is 30.7 Å². The predicted octanol–water partition coefficient (Wildman–Crippen LogP) is 3.33. The second kappa shape index (κ2) is 6.29. The normalized spacial score (nSPS) is 29.1. The van der Waals surface area contributed by atoms with Crippen molar-refractivity contribution in [1.82, 2.24) is 5.32 Å². The maximum absolute atomic E-state index is 12.1. The Kier molecular flexibility index (Phi) is 4.39. The van der Waals surface area contributed by atoms with Gasteiger partial charge in [0, 0.05) is 6.04 Å². The quantitative estimate of drug-likeness (QED) is 0.897. The maximum atomic E-state index is 12.1. The standard InChI is InChI=1S/C18H25NO3/c1-11-5-3-4-6-15(11)17(20)12(2)22-18(21)19-16-10-13-7-8-14(16)9-13/h3-6,12-14,16-17,20H,7-10H2,1-2H3,(H,19,21). The summed E-state index contributed by atoms with van der Waals surface area (Å²) in [5, 5.41) is 13.4. The first-order valence-corrected chi connectivity index (χ1v) is 8.25. The molecular formula is C18H25NO3. The first-order chi connectivity index (χ1) is 10.5. The van der Waals surface area contributed by atoms with Crippen LogP contribution in [-0.2, 0) is 4.74 Å². The molecule has 3 rings (SSSR count). The van der Waals surface area contributed by atoms with E-state index in [1.54, 1.807) is 6.92 Å². The summed E-state index contributed by atoms with van der Waals surface area (Å²) >= 11 is 0. The molecule has 22 heavy (non-hydrogen) atoms. The van der Waals surface area contributed by atoms with Gasteiger partial charge in [0.15, 0.2) is 0 Å². The van der Waals surface area contributed by atoms with Crippen LogP contribution in [0, 0.1) is 18.8 Å². The summed E-state index contributed by atoms with van der Waals surface area (Å²) in [6.45, 7) is 3.68. The van der Waals surface area contributed by atoms with Crippen LogP contribution in [-0.4, -0.2) is 23.3 Å². The van der Waals surface area contributed by atoms with Crippen LogP contribution in [0.5, 0.6) is 0 Å². The summed E-state index contributed by atoms with van der Waals surface area (Å²) in [6, 6.07) is 7.88. The van der Waals surface area contributed by atoms with E-state index in [-0.39, 0.29) is 6.04 Å². The first kappa shape index (κ1) is 15.3. The zero-order valence-corrected chi connectivity index (χ0v) is 13.3. The number of rotatable bonds is 4. The Bertz CT molecular complexity index is 545. The Hall–Kier alpha value is -1.55. The lowest BCUT2D eigenvalue weighted by molar-refractivity contribution is 0.00968. The van der Waals surface area contributed by atoms with Gasteiger partial charge < -0.3 is 15.2 Å². The Morgan fingerprint density at radius 3 is 2.73 bits per heavy atom. The minimum Gasteiger partial charge on any atom is -0.443 e. The van der Waals surface area contributed by atoms with Crippen LogP contribution < -0.4 is 5.32 Å². The van der Waals surface area contributed by atoms with Crippen LogP contribution in [0.1, 0.15) is 49.8 Å². The van der Waals surface area contributed by atoms with Gasteiger partial charge in [0.25, 0.3) is 0 Å². The van der Waals surface area contributed by atoms with Crippen LogP contribution in [0.2, 0.25) is 0 Å². The number of benzene rings is 1. The highest BCUT2D eigenvalue weighted by Gasteiger charge is 2.40. The minimum atomic E-state index is -0.799. The Labute approximate surface area is 131 Å². The van der Waals surface area contributed by atoms with E-state index in [0.717, 1.165) is 23.5 Å². The molecule has 2 aliphatic carbocycles. The van der Waals surface area contributed by atoms with Crippen molar-refractivity contribution in [3.63, 3.8) is 0 Å². The molecule has 4 heteroatoms. The van der Waals surface area contributed by atoms with Crippen molar-refractivity contribution in [1.29, 1.82) is 0 Å². The number of nitrogens with one attached hydrogen (secondary N) is 1. The predicted molar refractivity (Wildman–Crippen MR) is 84.5 cm³/mol. The van der Waals surface area contributed by atoms with Gasteiger partial charge in [0.05, 0.1) is 0 Å². The summed E-state index contributed by atoms with van der Waals surface area (Å²) in [7, 11) is 0. The molecule has 0 aliphatic heterocycles. The summed E-state index contributed by atoms with van der Waals surface area (Å²) in [6.07, 6.45) is 3.07. The third-order valence-corrected chi connectivity index (χ3v) is 5.29. The number of aliphatic hydroxyl groups is 1. The van der Waals surface area contributed by atoms with Crippen LogP contribution >= 0.6 is 0 Å². The topological polar surface area (TPSA) is 58.6 Å². The van der Waals surface area contributed by atoms with Crippen molar-refractivity contribution in [2.45, 2.75) is 57.8 Å². The molecule has 1 amide bonds. The molecule has 0 radical (unpaired) electrons. The van der Waals surface area contributed by atoms with Crippen molar-refractivity contribution in [3.05, 3.63) is 35.4 Å². The van der Waals surface area contributed by atoms with Crippen molar-refractivity contribution in [2.75, 3.05) is 0 Å². The van der Waals surface area contributed by atoms with Crippen molar-refractivity contribution in [3.8, 4) is 0 Å². The van der Waals surface area contributed by atoms with E-state index in [9.17, 15) is 9.90 Å². The third kappa shape index (κ3) is 3.12. The molecule has 2 N–H and O–H groups in total. The molecule has 2 saturated carbocycles. The van der Waals surface area contributed by atoms with E-state index in [1.165, 1.54) is 19.3 Å². The van der Waals surface area contributed by atoms with E-state index in [1.807, 2.05) is 31.2 Å². The smallest absolute Gasteiger partial charge is 0.407 e. The fraction of sp³-hybridized carbons (Fsp3) is 0.611. The summed E-state index contributed by atoms with van der Waals surface area (Å²) < 4.78 is 5.39.